The molecule has 2 unspecified atom stereocenters. The predicted octanol–water partition coefficient (Wildman–Crippen LogP) is 10.2. The zero-order valence-corrected chi connectivity index (χ0v) is 31.4. The van der Waals surface area contributed by atoms with Crippen molar-refractivity contribution in [2.24, 2.45) is 0 Å². The molecule has 9 nitrogen and oxygen atoms in total. The van der Waals surface area contributed by atoms with Crippen molar-refractivity contribution in [3.05, 3.63) is 48.6 Å². The van der Waals surface area contributed by atoms with Crippen LogP contribution in [0.2, 0.25) is 0 Å². The highest BCUT2D eigenvalue weighted by atomic mass is 31.2. The smallest absolute Gasteiger partial charge is 0.462 e. The maximum atomic E-state index is 12.4. The maximum absolute atomic E-state index is 12.4. The average molecular weight is 711 g/mol. The Bertz CT molecular complexity index is 1000. The van der Waals surface area contributed by atoms with E-state index >= 15 is 0 Å². The van der Waals surface area contributed by atoms with Crippen LogP contribution in [0.15, 0.2) is 48.6 Å². The molecule has 1 fully saturated rings. The molecule has 1 aliphatic rings. The molecule has 10 heteroatoms. The highest BCUT2D eigenvalue weighted by molar-refractivity contribution is 7.46. The number of hydrogen-bond acceptors (Lipinski definition) is 7. The normalized spacial score (nSPS) is 17.1. The van der Waals surface area contributed by atoms with E-state index in [-0.39, 0.29) is 19.4 Å². The third kappa shape index (κ3) is 30.5. The molecule has 282 valence electrons. The molecular formula is C39H67O9P. The van der Waals surface area contributed by atoms with E-state index in [1.807, 2.05) is 0 Å². The van der Waals surface area contributed by atoms with Crippen LogP contribution < -0.4 is 0 Å². The first kappa shape index (κ1) is 45.0. The Morgan fingerprint density at radius 1 is 0.653 bits per heavy atom. The topological polar surface area (TPSA) is 132 Å². The van der Waals surface area contributed by atoms with E-state index in [0.717, 1.165) is 77.0 Å². The largest absolute Gasteiger partial charge is 0.469 e. The predicted molar refractivity (Wildman–Crippen MR) is 197 cm³/mol. The molecule has 1 saturated heterocycles. The van der Waals surface area contributed by atoms with E-state index in [4.69, 9.17) is 24.0 Å². The molecule has 1 rings (SSSR count). The Labute approximate surface area is 297 Å². The van der Waals surface area contributed by atoms with Gasteiger partial charge in [0.15, 0.2) is 6.10 Å². The van der Waals surface area contributed by atoms with Gasteiger partial charge >= 0.3 is 19.8 Å². The van der Waals surface area contributed by atoms with Gasteiger partial charge in [-0.15, -0.1) is 0 Å². The van der Waals surface area contributed by atoms with Crippen LogP contribution in [0.4, 0.5) is 0 Å². The molecule has 1 heterocycles. The minimum absolute atomic E-state index is 0.155. The van der Waals surface area contributed by atoms with Crippen molar-refractivity contribution in [2.45, 2.75) is 173 Å². The molecule has 2 N–H and O–H groups in total. The van der Waals surface area contributed by atoms with Gasteiger partial charge in [-0.25, -0.2) is 4.57 Å². The number of allylic oxidation sites excluding steroid dienone is 7. The highest BCUT2D eigenvalue weighted by Crippen LogP contribution is 2.36. The fourth-order valence-corrected chi connectivity index (χ4v) is 5.63. The van der Waals surface area contributed by atoms with E-state index in [9.17, 15) is 14.2 Å². The summed E-state index contributed by atoms with van der Waals surface area (Å²) in [5.41, 5.74) is 0. The van der Waals surface area contributed by atoms with Crippen LogP contribution >= 0.6 is 7.82 Å². The van der Waals surface area contributed by atoms with Crippen molar-refractivity contribution < 1.29 is 42.7 Å². The summed E-state index contributed by atoms with van der Waals surface area (Å²) in [6, 6.07) is 0. The molecule has 0 aromatic rings. The summed E-state index contributed by atoms with van der Waals surface area (Å²) in [6.07, 6.45) is 38.5. The second kappa shape index (κ2) is 30.8. The van der Waals surface area contributed by atoms with E-state index in [1.54, 1.807) is 0 Å². The number of carbonyl (C=O) groups excluding carboxylic acids is 2. The minimum atomic E-state index is -4.77. The van der Waals surface area contributed by atoms with Crippen molar-refractivity contribution >= 4 is 19.8 Å². The number of rotatable bonds is 33. The van der Waals surface area contributed by atoms with Gasteiger partial charge in [0.2, 0.25) is 0 Å². The second-order valence-electron chi connectivity index (χ2n) is 12.9. The molecule has 49 heavy (non-hydrogen) atoms. The molecular weight excluding hydrogens is 643 g/mol. The van der Waals surface area contributed by atoms with Gasteiger partial charge in [0.25, 0.3) is 0 Å². The van der Waals surface area contributed by atoms with Crippen LogP contribution in [0.25, 0.3) is 0 Å². The fourth-order valence-electron chi connectivity index (χ4n) is 5.27. The number of epoxide rings is 1. The first-order valence-electron chi connectivity index (χ1n) is 19.1. The van der Waals surface area contributed by atoms with Crippen molar-refractivity contribution in [3.8, 4) is 0 Å². The first-order valence-corrected chi connectivity index (χ1v) is 20.6. The minimum Gasteiger partial charge on any atom is -0.462 e. The lowest BCUT2D eigenvalue weighted by atomic mass is 10.1. The summed E-state index contributed by atoms with van der Waals surface area (Å²) >= 11 is 0. The molecule has 0 spiro atoms. The van der Waals surface area contributed by atoms with E-state index in [2.05, 4.69) is 67.0 Å². The van der Waals surface area contributed by atoms with Crippen LogP contribution in [-0.2, 0) is 32.9 Å². The molecule has 0 aromatic carbocycles. The third-order valence-electron chi connectivity index (χ3n) is 8.24. The van der Waals surface area contributed by atoms with Gasteiger partial charge in [-0.3, -0.25) is 14.1 Å². The zero-order chi connectivity index (χ0) is 35.8. The SMILES string of the molecule is CCCCC/C=C\C/C=C\C/C=C\CCCCC(=O)O[C@H](COC(=O)CCCCCCCC1OC1C/C=C\CCCCC)COP(=O)(O)O. The van der Waals surface area contributed by atoms with Crippen LogP contribution in [0, 0.1) is 0 Å². The Morgan fingerprint density at radius 2 is 1.18 bits per heavy atom. The maximum Gasteiger partial charge on any atom is 0.469 e. The number of hydrogen-bond donors (Lipinski definition) is 2. The molecule has 1 aliphatic heterocycles. The van der Waals surface area contributed by atoms with Gasteiger partial charge < -0.3 is 24.0 Å². The van der Waals surface area contributed by atoms with E-state index in [1.165, 1.54) is 38.5 Å². The Balaban J connectivity index is 2.14. The highest BCUT2D eigenvalue weighted by Gasteiger charge is 2.36. The molecule has 0 aliphatic carbocycles. The summed E-state index contributed by atoms with van der Waals surface area (Å²) < 4.78 is 32.0. The molecule has 3 atom stereocenters. The van der Waals surface area contributed by atoms with Crippen LogP contribution in [0.3, 0.4) is 0 Å². The van der Waals surface area contributed by atoms with Gasteiger partial charge in [0.1, 0.15) is 6.61 Å². The van der Waals surface area contributed by atoms with Crippen LogP contribution in [0.1, 0.15) is 155 Å². The number of unbranched alkanes of at least 4 members (excludes halogenated alkanes) is 12. The lowest BCUT2D eigenvalue weighted by Crippen LogP contribution is -2.29. The number of ether oxygens (including phenoxy) is 3. The van der Waals surface area contributed by atoms with Gasteiger partial charge in [0.05, 0.1) is 18.8 Å². The van der Waals surface area contributed by atoms with Crippen LogP contribution in [-0.4, -0.2) is 53.3 Å². The summed E-state index contributed by atoms with van der Waals surface area (Å²) in [5, 5.41) is 0. The number of carbonyl (C=O) groups is 2. The lowest BCUT2D eigenvalue weighted by molar-refractivity contribution is -0.161. The van der Waals surface area contributed by atoms with E-state index < -0.39 is 32.5 Å². The summed E-state index contributed by atoms with van der Waals surface area (Å²) in [5.74, 6) is -0.957. The Hall–Kier alpha value is -2.03. The lowest BCUT2D eigenvalue weighted by Gasteiger charge is -2.18. The van der Waals surface area contributed by atoms with Crippen molar-refractivity contribution in [3.63, 3.8) is 0 Å². The summed E-state index contributed by atoms with van der Waals surface area (Å²) in [4.78, 5) is 42.7. The average Bonchev–Trinajstić information content (AvgIpc) is 3.82. The number of phosphoric acid groups is 1. The molecule has 0 saturated carbocycles. The Kier molecular flexibility index (Phi) is 28.2. The molecule has 0 aromatic heterocycles. The molecule has 0 bridgehead atoms. The standard InChI is InChI=1S/C39H67O9P/c1-3-5-7-9-11-12-13-14-15-16-17-18-19-23-28-32-39(41)47-35(34-46-49(42,43)44)33-45-38(40)31-27-24-20-22-26-30-37-36(48-37)29-25-21-10-8-6-4-2/h11-12,14-15,17-18,21,25,35-37H,3-10,13,16,19-20,22-24,26-34H2,1-2H3,(H2,42,43,44)/b12-11-,15-14-,18-17-,25-21-/t35-,36?,37?/m1/s1. The van der Waals surface area contributed by atoms with Gasteiger partial charge in [-0.1, -0.05) is 114 Å². The summed E-state index contributed by atoms with van der Waals surface area (Å²) in [6.45, 7) is 3.56. The van der Waals surface area contributed by atoms with Crippen molar-refractivity contribution in [2.75, 3.05) is 13.2 Å². The van der Waals surface area contributed by atoms with Crippen molar-refractivity contribution in [1.82, 2.24) is 0 Å². The third-order valence-corrected chi connectivity index (χ3v) is 8.73. The van der Waals surface area contributed by atoms with E-state index in [0.29, 0.717) is 25.0 Å². The monoisotopic (exact) mass is 710 g/mol. The number of esters is 2. The van der Waals surface area contributed by atoms with Crippen LogP contribution in [0.5, 0.6) is 0 Å². The fraction of sp³-hybridized carbons (Fsp3) is 0.744. The first-order chi connectivity index (χ1) is 23.7. The van der Waals surface area contributed by atoms with Gasteiger partial charge in [-0.05, 0) is 77.0 Å². The molecule has 0 radical (unpaired) electrons. The Morgan fingerprint density at radius 3 is 1.82 bits per heavy atom. The second-order valence-corrected chi connectivity index (χ2v) is 14.2. The number of phosphoric ester groups is 1. The van der Waals surface area contributed by atoms with Crippen molar-refractivity contribution in [1.29, 1.82) is 0 Å². The van der Waals surface area contributed by atoms with Gasteiger partial charge in [-0.2, -0.15) is 0 Å². The van der Waals surface area contributed by atoms with Gasteiger partial charge in [0, 0.05) is 12.8 Å². The summed E-state index contributed by atoms with van der Waals surface area (Å²) in [7, 11) is -4.77. The quantitative estimate of drug-likeness (QED) is 0.0224. The molecule has 0 amide bonds. The zero-order valence-electron chi connectivity index (χ0n) is 30.5.